The number of terminal acetylenes is 1. The van der Waals surface area contributed by atoms with Crippen molar-refractivity contribution in [2.75, 3.05) is 6.54 Å². The van der Waals surface area contributed by atoms with Crippen molar-refractivity contribution in [3.05, 3.63) is 46.4 Å². The Kier molecular flexibility index (Phi) is 3.16. The second-order valence-corrected chi connectivity index (χ2v) is 3.87. The molecular weight excluding hydrogens is 228 g/mol. The number of hydrogen-bond donors (Lipinski definition) is 1. The van der Waals surface area contributed by atoms with Gasteiger partial charge in [0.15, 0.2) is 0 Å². The maximum absolute atomic E-state index is 12.1. The van der Waals surface area contributed by atoms with Gasteiger partial charge in [0.1, 0.15) is 5.69 Å². The molecular formula is C14H12N2O2. The number of benzene rings is 1. The van der Waals surface area contributed by atoms with Crippen LogP contribution in [-0.4, -0.2) is 17.0 Å². The van der Waals surface area contributed by atoms with Gasteiger partial charge in [-0.25, -0.2) is 0 Å². The van der Waals surface area contributed by atoms with E-state index < -0.39 is 0 Å². The fourth-order valence-electron chi connectivity index (χ4n) is 1.79. The molecule has 0 aliphatic heterocycles. The van der Waals surface area contributed by atoms with Crippen LogP contribution in [-0.2, 0) is 7.05 Å². The molecule has 0 spiro atoms. The predicted molar refractivity (Wildman–Crippen MR) is 70.4 cm³/mol. The average molecular weight is 240 g/mol. The van der Waals surface area contributed by atoms with Crippen LogP contribution in [0.1, 0.15) is 10.5 Å². The van der Waals surface area contributed by atoms with Gasteiger partial charge in [-0.15, -0.1) is 6.42 Å². The number of carbonyl (C=O) groups excluding carboxylic acids is 1. The zero-order valence-corrected chi connectivity index (χ0v) is 9.93. The highest BCUT2D eigenvalue weighted by Crippen LogP contribution is 2.11. The summed E-state index contributed by atoms with van der Waals surface area (Å²) >= 11 is 0. The van der Waals surface area contributed by atoms with E-state index in [1.54, 1.807) is 31.3 Å². The molecule has 2 rings (SSSR count). The van der Waals surface area contributed by atoms with E-state index in [1.807, 2.05) is 6.07 Å². The SMILES string of the molecule is C#CCNC(=O)c1cc2ccccc2c(=O)n1C. The lowest BCUT2D eigenvalue weighted by Gasteiger charge is -2.09. The first-order valence-corrected chi connectivity index (χ1v) is 5.45. The molecule has 0 bridgehead atoms. The number of rotatable bonds is 2. The largest absolute Gasteiger partial charge is 0.340 e. The first-order chi connectivity index (χ1) is 8.65. The zero-order valence-electron chi connectivity index (χ0n) is 9.93. The van der Waals surface area contributed by atoms with Crippen LogP contribution in [0.5, 0.6) is 0 Å². The molecule has 18 heavy (non-hydrogen) atoms. The van der Waals surface area contributed by atoms with Crippen molar-refractivity contribution < 1.29 is 4.79 Å². The van der Waals surface area contributed by atoms with E-state index in [4.69, 9.17) is 6.42 Å². The zero-order chi connectivity index (χ0) is 13.1. The second-order valence-electron chi connectivity index (χ2n) is 3.87. The normalized spacial score (nSPS) is 10.0. The summed E-state index contributed by atoms with van der Waals surface area (Å²) in [7, 11) is 1.57. The third-order valence-electron chi connectivity index (χ3n) is 2.73. The van der Waals surface area contributed by atoms with Crippen LogP contribution >= 0.6 is 0 Å². The molecule has 4 heteroatoms. The molecule has 4 nitrogen and oxygen atoms in total. The van der Waals surface area contributed by atoms with E-state index in [0.717, 1.165) is 5.39 Å². The molecule has 0 radical (unpaired) electrons. The molecule has 0 fully saturated rings. The summed E-state index contributed by atoms with van der Waals surface area (Å²) in [6, 6.07) is 8.84. The van der Waals surface area contributed by atoms with E-state index >= 15 is 0 Å². The average Bonchev–Trinajstić information content (AvgIpc) is 2.40. The molecule has 1 heterocycles. The monoisotopic (exact) mass is 240 g/mol. The van der Waals surface area contributed by atoms with Crippen LogP contribution in [0.2, 0.25) is 0 Å². The van der Waals surface area contributed by atoms with Gasteiger partial charge >= 0.3 is 0 Å². The van der Waals surface area contributed by atoms with Crippen LogP contribution in [0.25, 0.3) is 10.8 Å². The summed E-state index contributed by atoms with van der Waals surface area (Å²) in [5.41, 5.74) is 0.105. The lowest BCUT2D eigenvalue weighted by atomic mass is 10.1. The van der Waals surface area contributed by atoms with Crippen LogP contribution in [0.4, 0.5) is 0 Å². The van der Waals surface area contributed by atoms with Crippen LogP contribution < -0.4 is 10.9 Å². The highest BCUT2D eigenvalue weighted by Gasteiger charge is 2.12. The van der Waals surface area contributed by atoms with Crippen LogP contribution in [0, 0.1) is 12.3 Å². The molecule has 1 N–H and O–H groups in total. The Labute approximate surface area is 104 Å². The molecule has 0 saturated heterocycles. The van der Waals surface area contributed by atoms with Crippen molar-refractivity contribution >= 4 is 16.7 Å². The van der Waals surface area contributed by atoms with Gasteiger partial charge in [-0.2, -0.15) is 0 Å². The van der Waals surface area contributed by atoms with E-state index in [9.17, 15) is 9.59 Å². The summed E-state index contributed by atoms with van der Waals surface area (Å²) in [4.78, 5) is 23.9. The molecule has 1 aromatic heterocycles. The smallest absolute Gasteiger partial charge is 0.268 e. The van der Waals surface area contributed by atoms with Gasteiger partial charge in [0, 0.05) is 12.4 Å². The maximum atomic E-state index is 12.1. The molecule has 1 amide bonds. The summed E-state index contributed by atoms with van der Waals surface area (Å²) in [6.07, 6.45) is 5.08. The van der Waals surface area contributed by atoms with Crippen molar-refractivity contribution in [3.63, 3.8) is 0 Å². The lowest BCUT2D eigenvalue weighted by Crippen LogP contribution is -2.31. The van der Waals surface area contributed by atoms with Gasteiger partial charge in [0.05, 0.1) is 6.54 Å². The molecule has 0 unspecified atom stereocenters. The van der Waals surface area contributed by atoms with E-state index in [1.165, 1.54) is 4.57 Å². The van der Waals surface area contributed by atoms with Crippen molar-refractivity contribution in [3.8, 4) is 12.3 Å². The van der Waals surface area contributed by atoms with Gasteiger partial charge in [-0.3, -0.25) is 9.59 Å². The van der Waals surface area contributed by atoms with Gasteiger partial charge in [0.25, 0.3) is 11.5 Å². The number of hydrogen-bond acceptors (Lipinski definition) is 2. The molecule has 0 aliphatic rings. The molecule has 0 saturated carbocycles. The second kappa shape index (κ2) is 4.76. The summed E-state index contributed by atoms with van der Waals surface area (Å²) in [6.45, 7) is 0.139. The van der Waals surface area contributed by atoms with Crippen molar-refractivity contribution in [1.29, 1.82) is 0 Å². The Morgan fingerprint density at radius 3 is 2.89 bits per heavy atom. The Bertz CT molecular complexity index is 708. The minimum atomic E-state index is -0.349. The van der Waals surface area contributed by atoms with E-state index in [0.29, 0.717) is 11.1 Å². The van der Waals surface area contributed by atoms with Gasteiger partial charge < -0.3 is 9.88 Å². The van der Waals surface area contributed by atoms with E-state index in [2.05, 4.69) is 11.2 Å². The number of pyridine rings is 1. The minimum absolute atomic E-state index is 0.139. The molecule has 0 atom stereocenters. The highest BCUT2D eigenvalue weighted by molar-refractivity contribution is 5.96. The first-order valence-electron chi connectivity index (χ1n) is 5.45. The third kappa shape index (κ3) is 1.98. The summed E-state index contributed by atoms with van der Waals surface area (Å²) < 4.78 is 1.33. The third-order valence-corrected chi connectivity index (χ3v) is 2.73. The molecule has 90 valence electrons. The molecule has 0 aliphatic carbocycles. The number of aromatic nitrogens is 1. The summed E-state index contributed by atoms with van der Waals surface area (Å²) in [5.74, 6) is 1.97. The quantitative estimate of drug-likeness (QED) is 0.793. The Morgan fingerprint density at radius 2 is 2.17 bits per heavy atom. The van der Waals surface area contributed by atoms with Crippen LogP contribution in [0.15, 0.2) is 35.1 Å². The maximum Gasteiger partial charge on any atom is 0.268 e. The summed E-state index contributed by atoms with van der Waals surface area (Å²) in [5, 5.41) is 3.88. The lowest BCUT2D eigenvalue weighted by molar-refractivity contribution is 0.0949. The Hall–Kier alpha value is -2.54. The van der Waals surface area contributed by atoms with Crippen LogP contribution in [0.3, 0.4) is 0 Å². The minimum Gasteiger partial charge on any atom is -0.340 e. The van der Waals surface area contributed by atoms with E-state index in [-0.39, 0.29) is 18.0 Å². The number of fused-ring (bicyclic) bond motifs is 1. The first kappa shape index (κ1) is 11.9. The molecule has 2 aromatic rings. The number of nitrogens with one attached hydrogen (secondary N) is 1. The van der Waals surface area contributed by atoms with Crippen molar-refractivity contribution in [2.24, 2.45) is 7.05 Å². The number of carbonyl (C=O) groups is 1. The predicted octanol–water partition coefficient (Wildman–Crippen LogP) is 0.901. The number of amides is 1. The topological polar surface area (TPSA) is 51.1 Å². The fraction of sp³-hybridized carbons (Fsp3) is 0.143. The Morgan fingerprint density at radius 1 is 1.44 bits per heavy atom. The van der Waals surface area contributed by atoms with Crippen molar-refractivity contribution in [2.45, 2.75) is 0 Å². The molecule has 1 aromatic carbocycles. The Balaban J connectivity index is 2.59. The fourth-order valence-corrected chi connectivity index (χ4v) is 1.79. The highest BCUT2D eigenvalue weighted by atomic mass is 16.2. The van der Waals surface area contributed by atoms with Gasteiger partial charge in [-0.05, 0) is 17.5 Å². The number of nitrogens with zero attached hydrogens (tertiary/aromatic N) is 1. The standard InChI is InChI=1S/C14H12N2O2/c1-3-8-15-13(17)12-9-10-6-4-5-7-11(10)14(18)16(12)2/h1,4-7,9H,8H2,2H3,(H,15,17). The van der Waals surface area contributed by atoms with Crippen molar-refractivity contribution in [1.82, 2.24) is 9.88 Å². The van der Waals surface area contributed by atoms with Gasteiger partial charge in [-0.1, -0.05) is 24.1 Å². The van der Waals surface area contributed by atoms with Gasteiger partial charge in [0.2, 0.25) is 0 Å².